The van der Waals surface area contributed by atoms with E-state index in [1.165, 1.54) is 24.8 Å². The zero-order valence-corrected chi connectivity index (χ0v) is 11.1. The molecule has 1 saturated carbocycles. The molecule has 0 heterocycles. The molecule has 1 aromatic rings. The molecule has 2 unspecified atom stereocenters. The van der Waals surface area contributed by atoms with Crippen molar-refractivity contribution in [3.63, 3.8) is 0 Å². The summed E-state index contributed by atoms with van der Waals surface area (Å²) in [6.45, 7) is 0. The van der Waals surface area contributed by atoms with Gasteiger partial charge in [0.05, 0.1) is 0 Å². The van der Waals surface area contributed by atoms with E-state index in [1.54, 1.807) is 0 Å². The quantitative estimate of drug-likeness (QED) is 0.835. The Morgan fingerprint density at radius 1 is 1.13 bits per heavy atom. The van der Waals surface area contributed by atoms with E-state index in [0.29, 0.717) is 12.0 Å². The first-order valence-corrected chi connectivity index (χ1v) is 6.06. The molecule has 1 aliphatic carbocycles. The van der Waals surface area contributed by atoms with Crippen molar-refractivity contribution in [2.75, 3.05) is 0 Å². The fraction of sp³-hybridized carbons (Fsp3) is 0.500. The first-order valence-electron chi connectivity index (χ1n) is 5.27. The minimum Gasteiger partial charge on any atom is -0.328 e. The molecule has 0 saturated heterocycles. The highest BCUT2D eigenvalue weighted by molar-refractivity contribution is 9.10. The lowest BCUT2D eigenvalue weighted by molar-refractivity contribution is 0.393. The van der Waals surface area contributed by atoms with Crippen LogP contribution in [0.4, 0.5) is 0 Å². The molecule has 0 radical (unpaired) electrons. The second-order valence-electron chi connectivity index (χ2n) is 4.18. The van der Waals surface area contributed by atoms with Crippen LogP contribution in [0.3, 0.4) is 0 Å². The van der Waals surface area contributed by atoms with Crippen molar-refractivity contribution in [3.8, 4) is 0 Å². The summed E-state index contributed by atoms with van der Waals surface area (Å²) in [6, 6.07) is 9.09. The van der Waals surface area contributed by atoms with Gasteiger partial charge in [-0.2, -0.15) is 0 Å². The third kappa shape index (κ3) is 3.47. The van der Waals surface area contributed by atoms with Gasteiger partial charge in [-0.3, -0.25) is 0 Å². The summed E-state index contributed by atoms with van der Waals surface area (Å²) in [4.78, 5) is 0. The molecule has 2 N–H and O–H groups in total. The number of nitrogens with two attached hydrogens (primary N) is 1. The van der Waals surface area contributed by atoms with E-state index < -0.39 is 0 Å². The summed E-state index contributed by atoms with van der Waals surface area (Å²) in [5, 5.41) is 0. The van der Waals surface area contributed by atoms with E-state index in [9.17, 15) is 0 Å². The second kappa shape index (κ2) is 5.88. The maximum absolute atomic E-state index is 5.98. The largest absolute Gasteiger partial charge is 0.328 e. The van der Waals surface area contributed by atoms with Crippen LogP contribution in [0.2, 0.25) is 0 Å². The Labute approximate surface area is 106 Å². The van der Waals surface area contributed by atoms with Crippen LogP contribution < -0.4 is 5.73 Å². The molecule has 1 nitrogen and oxygen atoms in total. The van der Waals surface area contributed by atoms with Gasteiger partial charge in [0.1, 0.15) is 0 Å². The molecular weight excluding hydrogens is 273 g/mol. The van der Waals surface area contributed by atoms with Crippen molar-refractivity contribution < 1.29 is 0 Å². The van der Waals surface area contributed by atoms with Crippen LogP contribution in [0.25, 0.3) is 0 Å². The van der Waals surface area contributed by atoms with Gasteiger partial charge in [0.2, 0.25) is 0 Å². The van der Waals surface area contributed by atoms with E-state index in [1.807, 2.05) is 0 Å². The van der Waals surface area contributed by atoms with E-state index >= 15 is 0 Å². The summed E-state index contributed by atoms with van der Waals surface area (Å²) in [7, 11) is 0. The number of halogens is 2. The lowest BCUT2D eigenvalue weighted by atomic mass is 9.82. The van der Waals surface area contributed by atoms with Gasteiger partial charge in [0.25, 0.3) is 0 Å². The van der Waals surface area contributed by atoms with Gasteiger partial charge in [0, 0.05) is 10.5 Å². The molecule has 15 heavy (non-hydrogen) atoms. The molecule has 1 aliphatic rings. The van der Waals surface area contributed by atoms with Gasteiger partial charge >= 0.3 is 0 Å². The molecular formula is C12H17BrClN. The number of benzene rings is 1. The van der Waals surface area contributed by atoms with Gasteiger partial charge in [-0.25, -0.2) is 0 Å². The van der Waals surface area contributed by atoms with Crippen LogP contribution in [-0.4, -0.2) is 6.04 Å². The highest BCUT2D eigenvalue weighted by Gasteiger charge is 2.20. The van der Waals surface area contributed by atoms with Crippen LogP contribution in [-0.2, 0) is 0 Å². The van der Waals surface area contributed by atoms with Gasteiger partial charge in [-0.15, -0.1) is 12.4 Å². The highest BCUT2D eigenvalue weighted by atomic mass is 79.9. The molecule has 0 spiro atoms. The minimum absolute atomic E-state index is 0. The predicted molar refractivity (Wildman–Crippen MR) is 70.6 cm³/mol. The van der Waals surface area contributed by atoms with Crippen molar-refractivity contribution >= 4 is 28.3 Å². The Hall–Kier alpha value is -0.0500. The molecule has 2 rings (SSSR count). The molecule has 1 fully saturated rings. The summed E-state index contributed by atoms with van der Waals surface area (Å²) >= 11 is 3.46. The highest BCUT2D eigenvalue weighted by Crippen LogP contribution is 2.32. The maximum atomic E-state index is 5.98. The fourth-order valence-electron chi connectivity index (χ4n) is 2.27. The normalized spacial score (nSPS) is 25.7. The monoisotopic (exact) mass is 289 g/mol. The first-order chi connectivity index (χ1) is 6.75. The maximum Gasteiger partial charge on any atom is 0.0175 e. The minimum atomic E-state index is 0. The zero-order valence-electron chi connectivity index (χ0n) is 8.66. The van der Waals surface area contributed by atoms with Gasteiger partial charge in [0.15, 0.2) is 0 Å². The Balaban J connectivity index is 0.00000112. The average molecular weight is 291 g/mol. The van der Waals surface area contributed by atoms with Crippen LogP contribution in [0.15, 0.2) is 28.7 Å². The Kier molecular flexibility index (Phi) is 5.10. The summed E-state index contributed by atoms with van der Waals surface area (Å²) in [6.07, 6.45) is 4.94. The van der Waals surface area contributed by atoms with Gasteiger partial charge in [-0.05, 0) is 42.9 Å². The van der Waals surface area contributed by atoms with Crippen molar-refractivity contribution in [2.24, 2.45) is 5.73 Å². The molecule has 2 atom stereocenters. The third-order valence-electron chi connectivity index (χ3n) is 3.06. The van der Waals surface area contributed by atoms with E-state index in [-0.39, 0.29) is 12.4 Å². The smallest absolute Gasteiger partial charge is 0.0175 e. The molecule has 0 amide bonds. The standard InChI is InChI=1S/C12H16BrN.ClH/c13-11-6-4-9(5-7-11)10-2-1-3-12(14)8-10;/h4-7,10,12H,1-3,8,14H2;1H. The van der Waals surface area contributed by atoms with Crippen LogP contribution in [0.5, 0.6) is 0 Å². The number of hydrogen-bond donors (Lipinski definition) is 1. The molecule has 3 heteroatoms. The van der Waals surface area contributed by atoms with Crippen molar-refractivity contribution in [1.82, 2.24) is 0 Å². The Bertz CT molecular complexity index is 299. The van der Waals surface area contributed by atoms with Crippen LogP contribution >= 0.6 is 28.3 Å². The van der Waals surface area contributed by atoms with Crippen molar-refractivity contribution in [3.05, 3.63) is 34.3 Å². The molecule has 0 bridgehead atoms. The SMILES string of the molecule is Cl.NC1CCCC(c2ccc(Br)cc2)C1. The molecule has 0 aromatic heterocycles. The molecule has 1 aromatic carbocycles. The van der Waals surface area contributed by atoms with Gasteiger partial charge in [-0.1, -0.05) is 34.5 Å². The van der Waals surface area contributed by atoms with Crippen molar-refractivity contribution in [2.45, 2.75) is 37.6 Å². The number of rotatable bonds is 1. The Morgan fingerprint density at radius 2 is 1.80 bits per heavy atom. The van der Waals surface area contributed by atoms with E-state index in [0.717, 1.165) is 10.9 Å². The van der Waals surface area contributed by atoms with E-state index in [4.69, 9.17) is 5.73 Å². The third-order valence-corrected chi connectivity index (χ3v) is 3.58. The molecule has 0 aliphatic heterocycles. The lowest BCUT2D eigenvalue weighted by Crippen LogP contribution is -2.26. The summed E-state index contributed by atoms with van der Waals surface area (Å²) in [5.74, 6) is 0.687. The second-order valence-corrected chi connectivity index (χ2v) is 5.09. The predicted octanol–water partition coefficient (Wildman–Crippen LogP) is 3.86. The van der Waals surface area contributed by atoms with Crippen LogP contribution in [0.1, 0.15) is 37.2 Å². The van der Waals surface area contributed by atoms with Gasteiger partial charge < -0.3 is 5.73 Å². The topological polar surface area (TPSA) is 26.0 Å². The first kappa shape index (κ1) is 13.0. The Morgan fingerprint density at radius 3 is 2.40 bits per heavy atom. The summed E-state index contributed by atoms with van der Waals surface area (Å²) in [5.41, 5.74) is 7.43. The number of hydrogen-bond acceptors (Lipinski definition) is 1. The summed E-state index contributed by atoms with van der Waals surface area (Å²) < 4.78 is 1.15. The van der Waals surface area contributed by atoms with E-state index in [2.05, 4.69) is 40.2 Å². The zero-order chi connectivity index (χ0) is 9.97. The lowest BCUT2D eigenvalue weighted by Gasteiger charge is -2.26. The fourth-order valence-corrected chi connectivity index (χ4v) is 2.53. The average Bonchev–Trinajstić information content (AvgIpc) is 2.19. The van der Waals surface area contributed by atoms with Crippen LogP contribution in [0, 0.1) is 0 Å². The molecule has 84 valence electrons. The van der Waals surface area contributed by atoms with Crippen molar-refractivity contribution in [1.29, 1.82) is 0 Å².